The summed E-state index contributed by atoms with van der Waals surface area (Å²) >= 11 is 0. The predicted octanol–water partition coefficient (Wildman–Crippen LogP) is 2.49. The lowest BCUT2D eigenvalue weighted by atomic mass is 10.1. The van der Waals surface area contributed by atoms with Crippen molar-refractivity contribution in [2.75, 3.05) is 31.6 Å². The normalized spacial score (nSPS) is 16.6. The molecule has 1 saturated heterocycles. The Morgan fingerprint density at radius 2 is 1.64 bits per heavy atom. The number of rotatable bonds is 7. The van der Waals surface area contributed by atoms with Gasteiger partial charge in [0.2, 0.25) is 15.9 Å². The van der Waals surface area contributed by atoms with Crippen LogP contribution in [0.15, 0.2) is 47.4 Å². The molecule has 2 aromatic carbocycles. The van der Waals surface area contributed by atoms with E-state index in [1.54, 1.807) is 19.1 Å². The number of piperidine rings is 1. The Morgan fingerprint density at radius 3 is 2.24 bits per heavy atom. The number of carbonyl (C=O) groups is 3. The van der Waals surface area contributed by atoms with Crippen molar-refractivity contribution in [1.29, 1.82) is 0 Å². The molecule has 0 saturated carbocycles. The van der Waals surface area contributed by atoms with Crippen LogP contribution in [0, 0.1) is 0 Å². The quantitative estimate of drug-likeness (QED) is 0.621. The number of benzene rings is 2. The molecule has 2 heterocycles. The van der Waals surface area contributed by atoms with Crippen molar-refractivity contribution in [2.45, 2.75) is 31.1 Å². The summed E-state index contributed by atoms with van der Waals surface area (Å²) in [6, 6.07) is 10.7. The van der Waals surface area contributed by atoms with Crippen LogP contribution in [0.5, 0.6) is 5.75 Å². The van der Waals surface area contributed by atoms with Gasteiger partial charge in [0.05, 0.1) is 28.3 Å². The van der Waals surface area contributed by atoms with Gasteiger partial charge in [-0.25, -0.2) is 8.42 Å². The third kappa shape index (κ3) is 4.49. The van der Waals surface area contributed by atoms with Crippen molar-refractivity contribution in [1.82, 2.24) is 9.21 Å². The number of nitrogens with one attached hydrogen (secondary N) is 1. The van der Waals surface area contributed by atoms with Crippen LogP contribution in [0.1, 0.15) is 46.9 Å². The lowest BCUT2D eigenvalue weighted by Gasteiger charge is -2.26. The number of hydrogen-bond acceptors (Lipinski definition) is 6. The van der Waals surface area contributed by atoms with E-state index in [4.69, 9.17) is 4.74 Å². The molecule has 174 valence electrons. The van der Waals surface area contributed by atoms with Crippen molar-refractivity contribution in [2.24, 2.45) is 0 Å². The summed E-state index contributed by atoms with van der Waals surface area (Å²) in [5.74, 6) is -1.43. The second-order valence-electron chi connectivity index (χ2n) is 7.85. The van der Waals surface area contributed by atoms with Crippen LogP contribution in [0.4, 0.5) is 5.69 Å². The van der Waals surface area contributed by atoms with Gasteiger partial charge in [-0.05, 0) is 50.1 Å². The van der Waals surface area contributed by atoms with E-state index < -0.39 is 34.3 Å². The van der Waals surface area contributed by atoms with Crippen molar-refractivity contribution in [3.8, 4) is 5.75 Å². The van der Waals surface area contributed by atoms with Crippen LogP contribution in [0.25, 0.3) is 0 Å². The SMILES string of the molecule is CCOc1ccc(S(=O)(=O)N2CCCCC2)cc1NC(=O)CN1C(=O)c2ccccc2C1=O. The Kier molecular flexibility index (Phi) is 6.48. The molecule has 0 aliphatic carbocycles. The lowest BCUT2D eigenvalue weighted by molar-refractivity contribution is -0.116. The van der Waals surface area contributed by atoms with E-state index in [1.165, 1.54) is 34.6 Å². The molecule has 9 nitrogen and oxygen atoms in total. The first-order valence-electron chi connectivity index (χ1n) is 10.8. The van der Waals surface area contributed by atoms with Gasteiger partial charge >= 0.3 is 0 Å². The number of sulfonamides is 1. The Labute approximate surface area is 192 Å². The van der Waals surface area contributed by atoms with Crippen molar-refractivity contribution in [3.63, 3.8) is 0 Å². The summed E-state index contributed by atoms with van der Waals surface area (Å²) in [5.41, 5.74) is 0.663. The highest BCUT2D eigenvalue weighted by atomic mass is 32.2. The molecule has 0 atom stereocenters. The Balaban J connectivity index is 1.55. The van der Waals surface area contributed by atoms with E-state index in [1.807, 2.05) is 0 Å². The minimum absolute atomic E-state index is 0.0453. The van der Waals surface area contributed by atoms with E-state index in [-0.39, 0.29) is 21.7 Å². The lowest BCUT2D eigenvalue weighted by Crippen LogP contribution is -2.37. The van der Waals surface area contributed by atoms with Gasteiger partial charge in [-0.15, -0.1) is 0 Å². The second kappa shape index (κ2) is 9.32. The molecule has 33 heavy (non-hydrogen) atoms. The van der Waals surface area contributed by atoms with Crippen molar-refractivity contribution >= 4 is 33.4 Å². The molecule has 0 unspecified atom stereocenters. The number of nitrogens with zero attached hydrogens (tertiary/aromatic N) is 2. The Morgan fingerprint density at radius 1 is 1.00 bits per heavy atom. The second-order valence-corrected chi connectivity index (χ2v) is 9.78. The highest BCUT2D eigenvalue weighted by Gasteiger charge is 2.36. The minimum atomic E-state index is -3.72. The summed E-state index contributed by atoms with van der Waals surface area (Å²) < 4.78 is 33.1. The number of anilines is 1. The third-order valence-electron chi connectivity index (χ3n) is 5.66. The molecule has 10 heteroatoms. The van der Waals surface area contributed by atoms with Crippen LogP contribution in [-0.2, 0) is 14.8 Å². The van der Waals surface area contributed by atoms with Gasteiger partial charge in [-0.2, -0.15) is 4.31 Å². The Hall–Kier alpha value is -3.24. The number of hydrogen-bond donors (Lipinski definition) is 1. The number of imide groups is 1. The molecule has 0 bridgehead atoms. The summed E-state index contributed by atoms with van der Waals surface area (Å²) in [6.07, 6.45) is 2.61. The fraction of sp³-hybridized carbons (Fsp3) is 0.348. The van der Waals surface area contributed by atoms with Crippen LogP contribution in [0.2, 0.25) is 0 Å². The maximum Gasteiger partial charge on any atom is 0.262 e. The fourth-order valence-corrected chi connectivity index (χ4v) is 5.56. The van der Waals surface area contributed by atoms with Gasteiger partial charge in [0.1, 0.15) is 12.3 Å². The standard InChI is InChI=1S/C23H25N3O6S/c1-2-32-20-11-10-16(33(30,31)25-12-6-3-7-13-25)14-19(20)24-21(27)15-26-22(28)17-8-4-5-9-18(17)23(26)29/h4-5,8-11,14H,2-3,6-7,12-13,15H2,1H3,(H,24,27). The molecular weight excluding hydrogens is 446 g/mol. The molecule has 1 fully saturated rings. The monoisotopic (exact) mass is 471 g/mol. The molecular formula is C23H25N3O6S. The Bertz CT molecular complexity index is 1170. The molecule has 0 radical (unpaired) electrons. The van der Waals surface area contributed by atoms with Gasteiger partial charge in [-0.3, -0.25) is 19.3 Å². The molecule has 2 aliphatic rings. The zero-order valence-electron chi connectivity index (χ0n) is 18.2. The highest BCUT2D eigenvalue weighted by molar-refractivity contribution is 7.89. The molecule has 0 spiro atoms. The minimum Gasteiger partial charge on any atom is -0.492 e. The van der Waals surface area contributed by atoms with Crippen LogP contribution in [0.3, 0.4) is 0 Å². The predicted molar refractivity (Wildman–Crippen MR) is 121 cm³/mol. The van der Waals surface area contributed by atoms with Crippen molar-refractivity contribution < 1.29 is 27.5 Å². The first-order chi connectivity index (χ1) is 15.8. The van der Waals surface area contributed by atoms with Gasteiger partial charge in [0.25, 0.3) is 11.8 Å². The summed E-state index contributed by atoms with van der Waals surface area (Å²) in [7, 11) is -3.72. The smallest absolute Gasteiger partial charge is 0.262 e. The zero-order chi connectivity index (χ0) is 23.6. The van der Waals surface area contributed by atoms with E-state index in [0.717, 1.165) is 24.2 Å². The van der Waals surface area contributed by atoms with Crippen LogP contribution < -0.4 is 10.1 Å². The molecule has 2 aromatic rings. The van der Waals surface area contributed by atoms with E-state index in [9.17, 15) is 22.8 Å². The van der Waals surface area contributed by atoms with Gasteiger partial charge in [0, 0.05) is 13.1 Å². The van der Waals surface area contributed by atoms with Crippen LogP contribution >= 0.6 is 0 Å². The molecule has 4 rings (SSSR count). The number of carbonyl (C=O) groups excluding carboxylic acids is 3. The topological polar surface area (TPSA) is 113 Å². The molecule has 3 amide bonds. The van der Waals surface area contributed by atoms with Crippen LogP contribution in [-0.4, -0.2) is 61.6 Å². The maximum atomic E-state index is 13.1. The largest absolute Gasteiger partial charge is 0.492 e. The molecule has 2 aliphatic heterocycles. The van der Waals surface area contributed by atoms with E-state index in [0.29, 0.717) is 25.4 Å². The highest BCUT2D eigenvalue weighted by Crippen LogP contribution is 2.30. The first-order valence-corrected chi connectivity index (χ1v) is 12.3. The third-order valence-corrected chi connectivity index (χ3v) is 7.55. The molecule has 0 aromatic heterocycles. The summed E-state index contributed by atoms with van der Waals surface area (Å²) in [5, 5.41) is 2.61. The van der Waals surface area contributed by atoms with Gasteiger partial charge < -0.3 is 10.1 Å². The first kappa shape index (κ1) is 22.9. The number of ether oxygens (including phenoxy) is 1. The maximum absolute atomic E-state index is 13.1. The fourth-order valence-electron chi connectivity index (χ4n) is 4.02. The average Bonchev–Trinajstić information content (AvgIpc) is 3.06. The zero-order valence-corrected chi connectivity index (χ0v) is 19.1. The van der Waals surface area contributed by atoms with Crippen molar-refractivity contribution in [3.05, 3.63) is 53.6 Å². The average molecular weight is 472 g/mol. The van der Waals surface area contributed by atoms with E-state index >= 15 is 0 Å². The number of fused-ring (bicyclic) bond motifs is 1. The summed E-state index contributed by atoms with van der Waals surface area (Å²) in [4.78, 5) is 38.8. The van der Waals surface area contributed by atoms with Gasteiger partial charge in [-0.1, -0.05) is 18.6 Å². The van der Waals surface area contributed by atoms with E-state index in [2.05, 4.69) is 5.32 Å². The molecule has 1 N–H and O–H groups in total. The summed E-state index contributed by atoms with van der Waals surface area (Å²) in [6.45, 7) is 2.48. The van der Waals surface area contributed by atoms with Gasteiger partial charge in [0.15, 0.2) is 0 Å². The number of amides is 3.